The summed E-state index contributed by atoms with van der Waals surface area (Å²) < 4.78 is 0.135. The molecule has 0 amide bonds. The quantitative estimate of drug-likeness (QED) is 0.837. The molecule has 1 aromatic rings. The van der Waals surface area contributed by atoms with Crippen LogP contribution < -0.4 is 11.1 Å². The van der Waals surface area contributed by atoms with Crippen LogP contribution in [-0.4, -0.2) is 22.5 Å². The van der Waals surface area contributed by atoms with Crippen molar-refractivity contribution in [2.24, 2.45) is 0 Å². The van der Waals surface area contributed by atoms with Gasteiger partial charge in [0.15, 0.2) is 5.69 Å². The van der Waals surface area contributed by atoms with Crippen LogP contribution >= 0.6 is 11.8 Å². The van der Waals surface area contributed by atoms with Gasteiger partial charge in [0, 0.05) is 11.3 Å². The lowest BCUT2D eigenvalue weighted by Gasteiger charge is -2.22. The minimum absolute atomic E-state index is 0.135. The first kappa shape index (κ1) is 12.7. The van der Waals surface area contributed by atoms with E-state index >= 15 is 0 Å². The number of thioether (sulfide) groups is 1. The Kier molecular flexibility index (Phi) is 4.02. The lowest BCUT2D eigenvalue weighted by molar-refractivity contribution is 0.750. The molecule has 5 heteroatoms. The first-order valence-corrected chi connectivity index (χ1v) is 6.16. The molecule has 86 valence electrons. The largest absolute Gasteiger partial charge is 0.396 e. The first-order chi connectivity index (χ1) is 7.48. The van der Waals surface area contributed by atoms with Gasteiger partial charge in [-0.3, -0.25) is 0 Å². The molecule has 0 saturated carbocycles. The van der Waals surface area contributed by atoms with Gasteiger partial charge in [-0.05, 0) is 32.2 Å². The van der Waals surface area contributed by atoms with Gasteiger partial charge in [-0.15, -0.1) is 0 Å². The van der Waals surface area contributed by atoms with Crippen molar-refractivity contribution in [2.45, 2.75) is 18.6 Å². The molecule has 1 aromatic heterocycles. The topological polar surface area (TPSA) is 74.7 Å². The van der Waals surface area contributed by atoms with Gasteiger partial charge >= 0.3 is 0 Å². The molecule has 1 rings (SSSR count). The van der Waals surface area contributed by atoms with E-state index in [0.29, 0.717) is 11.5 Å². The van der Waals surface area contributed by atoms with Gasteiger partial charge in [0.2, 0.25) is 0 Å². The molecular weight excluding hydrogens is 220 g/mol. The second-order valence-corrected chi connectivity index (χ2v) is 5.58. The highest BCUT2D eigenvalue weighted by Gasteiger charge is 2.15. The van der Waals surface area contributed by atoms with Crippen molar-refractivity contribution in [3.63, 3.8) is 0 Å². The Hall–Kier alpha value is -1.41. The molecule has 0 unspecified atom stereocenters. The van der Waals surface area contributed by atoms with E-state index in [1.54, 1.807) is 23.9 Å². The Morgan fingerprint density at radius 1 is 1.56 bits per heavy atom. The number of anilines is 2. The molecule has 0 aliphatic heterocycles. The maximum atomic E-state index is 8.79. The third-order valence-corrected chi connectivity index (χ3v) is 3.53. The first-order valence-electron chi connectivity index (χ1n) is 4.94. The van der Waals surface area contributed by atoms with E-state index in [9.17, 15) is 0 Å². The van der Waals surface area contributed by atoms with E-state index in [2.05, 4.69) is 30.4 Å². The summed E-state index contributed by atoms with van der Waals surface area (Å²) in [5.41, 5.74) is 6.28. The standard InChI is InChI=1S/C11H16N4S/c1-11(2,16-3)7-14-10-5-4-8(13)9(6-12)15-10/h4-5H,7,13H2,1-3H3,(H,14,15). The van der Waals surface area contributed by atoms with Crippen molar-refractivity contribution >= 4 is 23.3 Å². The number of nitrogen functional groups attached to an aromatic ring is 1. The summed E-state index contributed by atoms with van der Waals surface area (Å²) >= 11 is 1.78. The zero-order chi connectivity index (χ0) is 12.2. The van der Waals surface area contributed by atoms with Gasteiger partial charge < -0.3 is 11.1 Å². The van der Waals surface area contributed by atoms with Gasteiger partial charge in [0.05, 0.1) is 5.69 Å². The van der Waals surface area contributed by atoms with Crippen LogP contribution in [0.3, 0.4) is 0 Å². The Morgan fingerprint density at radius 3 is 2.81 bits per heavy atom. The van der Waals surface area contributed by atoms with Gasteiger partial charge in [-0.25, -0.2) is 4.98 Å². The number of hydrogen-bond donors (Lipinski definition) is 2. The molecule has 0 atom stereocenters. The minimum atomic E-state index is 0.135. The van der Waals surface area contributed by atoms with Crippen LogP contribution in [0.5, 0.6) is 0 Å². The van der Waals surface area contributed by atoms with Gasteiger partial charge in [0.1, 0.15) is 11.9 Å². The van der Waals surface area contributed by atoms with Gasteiger partial charge in [-0.1, -0.05) is 0 Å². The molecule has 0 aliphatic rings. The predicted octanol–water partition coefficient (Wildman–Crippen LogP) is 2.09. The average molecular weight is 236 g/mol. The summed E-state index contributed by atoms with van der Waals surface area (Å²) in [4.78, 5) is 4.12. The maximum Gasteiger partial charge on any atom is 0.165 e. The Labute approximate surface area is 100 Å². The summed E-state index contributed by atoms with van der Waals surface area (Å²) in [6.45, 7) is 5.08. The molecule has 0 saturated heterocycles. The number of pyridine rings is 1. The fraction of sp³-hybridized carbons (Fsp3) is 0.455. The number of nitrogens with zero attached hydrogens (tertiary/aromatic N) is 2. The SMILES string of the molecule is CSC(C)(C)CNc1ccc(N)c(C#N)n1. The molecule has 0 bridgehead atoms. The summed E-state index contributed by atoms with van der Waals surface area (Å²) in [6.07, 6.45) is 2.07. The molecule has 0 radical (unpaired) electrons. The number of nitrogens with two attached hydrogens (primary N) is 1. The Balaban J connectivity index is 2.73. The highest BCUT2D eigenvalue weighted by atomic mass is 32.2. The van der Waals surface area contributed by atoms with Crippen molar-refractivity contribution in [1.29, 1.82) is 5.26 Å². The van der Waals surface area contributed by atoms with Gasteiger partial charge in [0.25, 0.3) is 0 Å². The minimum Gasteiger partial charge on any atom is -0.396 e. The molecule has 0 spiro atoms. The zero-order valence-corrected chi connectivity index (χ0v) is 10.6. The number of nitrogens with one attached hydrogen (secondary N) is 1. The summed E-state index contributed by atoms with van der Waals surface area (Å²) in [5.74, 6) is 0.688. The van der Waals surface area contributed by atoms with E-state index in [0.717, 1.165) is 6.54 Å². The molecular formula is C11H16N4S. The molecule has 0 aromatic carbocycles. The zero-order valence-electron chi connectivity index (χ0n) is 9.74. The summed E-state index contributed by atoms with van der Waals surface area (Å²) in [6, 6.07) is 5.44. The Bertz CT molecular complexity index is 409. The second-order valence-electron chi connectivity index (χ2n) is 4.06. The molecule has 3 N–H and O–H groups in total. The lowest BCUT2D eigenvalue weighted by Crippen LogP contribution is -2.26. The highest BCUT2D eigenvalue weighted by Crippen LogP contribution is 2.21. The molecule has 0 fully saturated rings. The fourth-order valence-electron chi connectivity index (χ4n) is 1.03. The van der Waals surface area contributed by atoms with E-state index in [1.165, 1.54) is 0 Å². The maximum absolute atomic E-state index is 8.79. The number of nitriles is 1. The van der Waals surface area contributed by atoms with Crippen molar-refractivity contribution < 1.29 is 0 Å². The van der Waals surface area contributed by atoms with Crippen LogP contribution in [-0.2, 0) is 0 Å². The normalized spacial score (nSPS) is 10.9. The monoisotopic (exact) mass is 236 g/mol. The van der Waals surface area contributed by atoms with Gasteiger partial charge in [-0.2, -0.15) is 17.0 Å². The van der Waals surface area contributed by atoms with Crippen LogP contribution in [0.25, 0.3) is 0 Å². The van der Waals surface area contributed by atoms with E-state index < -0.39 is 0 Å². The van der Waals surface area contributed by atoms with Crippen LogP contribution in [0.2, 0.25) is 0 Å². The Morgan fingerprint density at radius 2 is 2.25 bits per heavy atom. The number of aromatic nitrogens is 1. The fourth-order valence-corrected chi connectivity index (χ4v) is 1.25. The van der Waals surface area contributed by atoms with E-state index in [4.69, 9.17) is 11.0 Å². The average Bonchev–Trinajstić information content (AvgIpc) is 2.28. The summed E-state index contributed by atoms with van der Waals surface area (Å²) in [7, 11) is 0. The molecule has 1 heterocycles. The number of rotatable bonds is 4. The lowest BCUT2D eigenvalue weighted by atomic mass is 10.2. The molecule has 4 nitrogen and oxygen atoms in total. The van der Waals surface area contributed by atoms with Crippen LogP contribution in [0.15, 0.2) is 12.1 Å². The van der Waals surface area contributed by atoms with E-state index in [1.807, 2.05) is 6.07 Å². The van der Waals surface area contributed by atoms with Crippen molar-refractivity contribution in [3.8, 4) is 6.07 Å². The molecule has 0 aliphatic carbocycles. The smallest absolute Gasteiger partial charge is 0.165 e. The highest BCUT2D eigenvalue weighted by molar-refractivity contribution is 7.99. The second kappa shape index (κ2) is 5.08. The summed E-state index contributed by atoms with van der Waals surface area (Å²) in [5, 5.41) is 12.0. The molecule has 16 heavy (non-hydrogen) atoms. The van der Waals surface area contributed by atoms with Crippen molar-refractivity contribution in [1.82, 2.24) is 4.98 Å². The third-order valence-electron chi connectivity index (χ3n) is 2.28. The van der Waals surface area contributed by atoms with Crippen molar-refractivity contribution in [3.05, 3.63) is 17.8 Å². The number of hydrogen-bond acceptors (Lipinski definition) is 5. The van der Waals surface area contributed by atoms with Crippen LogP contribution in [0.1, 0.15) is 19.5 Å². The van der Waals surface area contributed by atoms with Crippen molar-refractivity contribution in [2.75, 3.05) is 23.9 Å². The van der Waals surface area contributed by atoms with E-state index in [-0.39, 0.29) is 10.4 Å². The third kappa shape index (κ3) is 3.31. The predicted molar refractivity (Wildman–Crippen MR) is 69.4 cm³/mol. The van der Waals surface area contributed by atoms with Crippen LogP contribution in [0.4, 0.5) is 11.5 Å². The van der Waals surface area contributed by atoms with Crippen LogP contribution in [0, 0.1) is 11.3 Å².